The van der Waals surface area contributed by atoms with Gasteiger partial charge in [0, 0.05) is 24.3 Å². The van der Waals surface area contributed by atoms with Gasteiger partial charge >= 0.3 is 6.18 Å². The van der Waals surface area contributed by atoms with Gasteiger partial charge in [-0.3, -0.25) is 4.79 Å². The highest BCUT2D eigenvalue weighted by Crippen LogP contribution is 2.73. The zero-order chi connectivity index (χ0) is 36.8. The Kier molecular flexibility index (Phi) is 10.5. The standard InChI is InChI=1S/C30H41B4ClF3N7O4S/c1-26(2)15-18(16-40-26)5-4-13-39-20-6-3-7-23(41-20)50(47,48)44-25(46)19-8-9-21(42-24(19)35)45-14-10-22(43-45)49-17-28(31,32)29(33,34)27(11-12-27)30(36,37)38/h3,6-10,14,18,40H,4-5,11-13,15-17,31-34H2,1-2H3,(H,39,41)(H,44,46)/t18-/m0/s1. The summed E-state index contributed by atoms with van der Waals surface area (Å²) in [6.07, 6.45) is 0.434. The van der Waals surface area contributed by atoms with Crippen LogP contribution in [0.4, 0.5) is 19.0 Å². The summed E-state index contributed by atoms with van der Waals surface area (Å²) in [5.41, 5.74) is -1.79. The van der Waals surface area contributed by atoms with Crippen LogP contribution < -0.4 is 20.1 Å². The molecule has 1 amide bonds. The van der Waals surface area contributed by atoms with Gasteiger partial charge in [0.1, 0.15) is 26.7 Å². The lowest BCUT2D eigenvalue weighted by atomic mass is 9.26. The number of hydrogen-bond donors (Lipinski definition) is 3. The Morgan fingerprint density at radius 3 is 2.46 bits per heavy atom. The lowest BCUT2D eigenvalue weighted by Crippen LogP contribution is -2.48. The second-order valence-electron chi connectivity index (χ2n) is 15.2. The number of halogens is 4. The Bertz CT molecular complexity index is 1840. The Morgan fingerprint density at radius 2 is 1.84 bits per heavy atom. The van der Waals surface area contributed by atoms with Gasteiger partial charge in [-0.15, -0.1) is 5.10 Å². The summed E-state index contributed by atoms with van der Waals surface area (Å²) in [5, 5.41) is 8.42. The van der Waals surface area contributed by atoms with E-state index >= 15 is 0 Å². The van der Waals surface area contributed by atoms with Gasteiger partial charge in [0.05, 0.1) is 33.3 Å². The first-order valence-corrected chi connectivity index (χ1v) is 18.5. The molecule has 0 unspecified atom stereocenters. The van der Waals surface area contributed by atoms with Crippen molar-refractivity contribution < 1.29 is 31.1 Å². The molecular formula is C30H41B4ClF3N7O4S. The molecule has 1 aliphatic carbocycles. The summed E-state index contributed by atoms with van der Waals surface area (Å²) < 4.78 is 77.1. The number of hydrogen-bond acceptors (Lipinski definition) is 9. The number of anilines is 1. The van der Waals surface area contributed by atoms with Crippen LogP contribution in [0, 0.1) is 11.3 Å². The summed E-state index contributed by atoms with van der Waals surface area (Å²) in [7, 11) is 2.42. The maximum absolute atomic E-state index is 13.9. The van der Waals surface area contributed by atoms with E-state index in [2.05, 4.69) is 39.5 Å². The lowest BCUT2D eigenvalue weighted by molar-refractivity contribution is -0.193. The molecule has 2 aliphatic rings. The molecule has 4 heterocycles. The molecule has 0 bridgehead atoms. The Labute approximate surface area is 299 Å². The van der Waals surface area contributed by atoms with Crippen LogP contribution in [0.1, 0.15) is 56.3 Å². The van der Waals surface area contributed by atoms with Crippen LogP contribution in [0.25, 0.3) is 5.82 Å². The number of rotatable bonds is 14. The third-order valence-electron chi connectivity index (χ3n) is 10.6. The van der Waals surface area contributed by atoms with Gasteiger partial charge in [-0.25, -0.2) is 19.4 Å². The van der Waals surface area contributed by atoms with E-state index in [4.69, 9.17) is 16.3 Å². The number of nitrogens with zero attached hydrogens (tertiary/aromatic N) is 4. The molecule has 20 heteroatoms. The van der Waals surface area contributed by atoms with E-state index in [1.165, 1.54) is 41.2 Å². The largest absolute Gasteiger partial charge is 0.478 e. The Morgan fingerprint density at radius 1 is 1.12 bits per heavy atom. The molecule has 5 rings (SSSR count). The van der Waals surface area contributed by atoms with Crippen LogP contribution in [-0.4, -0.2) is 96.9 Å². The van der Waals surface area contributed by atoms with Crippen molar-refractivity contribution in [1.29, 1.82) is 0 Å². The number of aromatic nitrogens is 4. The summed E-state index contributed by atoms with van der Waals surface area (Å²) in [6.45, 7) is 5.97. The molecule has 1 aliphatic heterocycles. The summed E-state index contributed by atoms with van der Waals surface area (Å²) in [5.74, 6) is 0.332. The Balaban J connectivity index is 1.17. The normalized spacial score (nSPS) is 18.8. The van der Waals surface area contributed by atoms with Crippen LogP contribution in [0.15, 0.2) is 47.6 Å². The molecule has 0 radical (unpaired) electrons. The molecule has 2 fully saturated rings. The highest BCUT2D eigenvalue weighted by molar-refractivity contribution is 7.90. The molecule has 1 saturated heterocycles. The molecule has 3 aromatic rings. The smallest absolute Gasteiger partial charge is 0.393 e. The maximum atomic E-state index is 13.9. The van der Waals surface area contributed by atoms with Gasteiger partial charge < -0.3 is 15.4 Å². The van der Waals surface area contributed by atoms with Gasteiger partial charge in [-0.05, 0) is 82.7 Å². The average Bonchev–Trinajstić information content (AvgIpc) is 3.62. The number of alkyl halides is 3. The van der Waals surface area contributed by atoms with Crippen molar-refractivity contribution in [2.75, 3.05) is 25.0 Å². The fourth-order valence-electron chi connectivity index (χ4n) is 6.69. The van der Waals surface area contributed by atoms with Gasteiger partial charge in [-0.1, -0.05) is 28.1 Å². The molecule has 0 spiro atoms. The maximum Gasteiger partial charge on any atom is 0.393 e. The van der Waals surface area contributed by atoms with E-state index < -0.39 is 37.9 Å². The molecule has 3 aromatic heterocycles. The third-order valence-corrected chi connectivity index (χ3v) is 12.1. The van der Waals surface area contributed by atoms with Crippen molar-refractivity contribution in [1.82, 2.24) is 29.8 Å². The van der Waals surface area contributed by atoms with E-state index in [9.17, 15) is 26.4 Å². The molecule has 1 saturated carbocycles. The topological polar surface area (TPSA) is 140 Å². The SMILES string of the molecule is BC(B)(COc1ccn(-c2ccc(C(=O)NS(=O)(=O)c3cccc(NCCC[C@@H]4CNC(C)(C)C4)n3)c(Cl)n2)n1)C(B)(B)C1(C(F)(F)F)CC1. The molecule has 11 nitrogen and oxygen atoms in total. The number of nitrogens with one attached hydrogen (secondary N) is 3. The molecule has 0 aromatic carbocycles. The quantitative estimate of drug-likeness (QED) is 0.128. The highest BCUT2D eigenvalue weighted by Gasteiger charge is 2.72. The third kappa shape index (κ3) is 7.99. The fourth-order valence-corrected chi connectivity index (χ4v) is 7.86. The van der Waals surface area contributed by atoms with Crippen LogP contribution in [0.2, 0.25) is 15.6 Å². The van der Waals surface area contributed by atoms with Gasteiger partial charge in [-0.2, -0.15) is 21.6 Å². The van der Waals surface area contributed by atoms with E-state index in [0.29, 0.717) is 18.3 Å². The molecule has 3 N–H and O–H groups in total. The molecular weight excluding hydrogens is 690 g/mol. The fraction of sp³-hybridized carbons (Fsp3) is 0.533. The van der Waals surface area contributed by atoms with E-state index in [0.717, 1.165) is 25.8 Å². The number of carbonyl (C=O) groups excluding carboxylic acids is 1. The van der Waals surface area contributed by atoms with Crippen molar-refractivity contribution >= 4 is 64.7 Å². The number of amides is 1. The average molecular weight is 731 g/mol. The second-order valence-corrected chi connectivity index (χ2v) is 17.2. The zero-order valence-electron chi connectivity index (χ0n) is 29.1. The van der Waals surface area contributed by atoms with Crippen molar-refractivity contribution in [3.05, 3.63) is 53.3 Å². The van der Waals surface area contributed by atoms with Crippen LogP contribution in [0.3, 0.4) is 0 Å². The first-order chi connectivity index (χ1) is 23.2. The predicted molar refractivity (Wildman–Crippen MR) is 196 cm³/mol. The van der Waals surface area contributed by atoms with E-state index in [1.807, 2.05) is 4.72 Å². The number of carbonyl (C=O) groups is 1. The van der Waals surface area contributed by atoms with Gasteiger partial charge in [0.2, 0.25) is 5.88 Å². The summed E-state index contributed by atoms with van der Waals surface area (Å²) in [6, 6.07) is 8.75. The van der Waals surface area contributed by atoms with Gasteiger partial charge in [0.15, 0.2) is 10.8 Å². The van der Waals surface area contributed by atoms with Crippen molar-refractivity contribution in [3.63, 3.8) is 0 Å². The van der Waals surface area contributed by atoms with Gasteiger partial charge in [0.25, 0.3) is 15.9 Å². The summed E-state index contributed by atoms with van der Waals surface area (Å²) >= 11 is 6.31. The molecule has 266 valence electrons. The van der Waals surface area contributed by atoms with Crippen LogP contribution >= 0.6 is 11.6 Å². The first-order valence-electron chi connectivity index (χ1n) is 16.6. The number of sulfonamides is 1. The monoisotopic (exact) mass is 731 g/mol. The van der Waals surface area contributed by atoms with Crippen molar-refractivity contribution in [3.8, 4) is 11.7 Å². The van der Waals surface area contributed by atoms with E-state index in [-0.39, 0.29) is 52.4 Å². The minimum atomic E-state index is -4.35. The van der Waals surface area contributed by atoms with Crippen molar-refractivity contribution in [2.24, 2.45) is 11.3 Å². The zero-order valence-corrected chi connectivity index (χ0v) is 30.7. The van der Waals surface area contributed by atoms with E-state index in [1.54, 1.807) is 37.5 Å². The lowest BCUT2D eigenvalue weighted by Gasteiger charge is -2.48. The van der Waals surface area contributed by atoms with Crippen LogP contribution in [-0.2, 0) is 10.0 Å². The van der Waals surface area contributed by atoms with Crippen LogP contribution in [0.5, 0.6) is 5.88 Å². The minimum absolute atomic E-state index is 0.0125. The first kappa shape index (κ1) is 38.1. The molecule has 1 atom stereocenters. The number of pyridine rings is 2. The predicted octanol–water partition coefficient (Wildman–Crippen LogP) is 1.50. The summed E-state index contributed by atoms with van der Waals surface area (Å²) in [4.78, 5) is 21.4. The Hall–Kier alpha value is -3.17. The highest BCUT2D eigenvalue weighted by atomic mass is 35.5. The van der Waals surface area contributed by atoms with Crippen molar-refractivity contribution in [2.45, 2.75) is 73.1 Å². The second kappa shape index (κ2) is 13.8. The number of ether oxygens (including phenoxy) is 1. The minimum Gasteiger partial charge on any atom is -0.478 e. The molecule has 50 heavy (non-hydrogen) atoms.